The Kier molecular flexibility index (Phi) is 8.72. The van der Waals surface area contributed by atoms with Gasteiger partial charge in [0.2, 0.25) is 5.91 Å². The van der Waals surface area contributed by atoms with Crippen LogP contribution in [0.2, 0.25) is 5.02 Å². The zero-order valence-electron chi connectivity index (χ0n) is 19.6. The van der Waals surface area contributed by atoms with E-state index in [1.54, 1.807) is 0 Å². The molecule has 1 N–H and O–H groups in total. The van der Waals surface area contributed by atoms with Crippen LogP contribution in [0.1, 0.15) is 48.1 Å². The molecule has 1 unspecified atom stereocenters. The van der Waals surface area contributed by atoms with Gasteiger partial charge in [0.05, 0.1) is 6.61 Å². The Labute approximate surface area is 215 Å². The zero-order valence-corrected chi connectivity index (χ0v) is 21.2. The molecule has 1 atom stereocenters. The number of hydrogen-bond acceptors (Lipinski definition) is 5. The monoisotopic (exact) mass is 509 g/mol. The van der Waals surface area contributed by atoms with Crippen LogP contribution in [0.15, 0.2) is 66.7 Å². The lowest BCUT2D eigenvalue weighted by Gasteiger charge is -2.14. The summed E-state index contributed by atoms with van der Waals surface area (Å²) < 4.78 is 12.1. The first-order valence-electron chi connectivity index (χ1n) is 11.8. The molecule has 1 aliphatic rings. The van der Waals surface area contributed by atoms with Crippen molar-refractivity contribution >= 4 is 34.5 Å². The average molecular weight is 510 g/mol. The van der Waals surface area contributed by atoms with Crippen molar-refractivity contribution in [2.75, 3.05) is 6.61 Å². The topological polar surface area (TPSA) is 64.6 Å². The van der Waals surface area contributed by atoms with Gasteiger partial charge < -0.3 is 9.47 Å². The molecule has 0 bridgehead atoms. The predicted molar refractivity (Wildman–Crippen MR) is 141 cm³/mol. The third-order valence-corrected chi connectivity index (χ3v) is 6.95. The smallest absolute Gasteiger partial charge is 0.286 e. The molecule has 4 rings (SSSR count). The van der Waals surface area contributed by atoms with Crippen LogP contribution in [0.25, 0.3) is 0 Å². The van der Waals surface area contributed by atoms with E-state index in [0.29, 0.717) is 11.6 Å². The third-order valence-electron chi connectivity index (χ3n) is 5.66. The van der Waals surface area contributed by atoms with Crippen LogP contribution in [0.4, 0.5) is 4.79 Å². The lowest BCUT2D eigenvalue weighted by Crippen LogP contribution is -2.20. The Morgan fingerprint density at radius 1 is 0.943 bits per heavy atom. The van der Waals surface area contributed by atoms with E-state index in [-0.39, 0.29) is 11.1 Å². The molecule has 7 heteroatoms. The van der Waals surface area contributed by atoms with Crippen molar-refractivity contribution < 1.29 is 19.1 Å². The Hall–Kier alpha value is -2.96. The van der Waals surface area contributed by atoms with E-state index >= 15 is 0 Å². The van der Waals surface area contributed by atoms with Gasteiger partial charge in [0, 0.05) is 5.02 Å². The molecule has 1 fully saturated rings. The highest BCUT2D eigenvalue weighted by atomic mass is 35.5. The minimum atomic E-state index is -0.450. The van der Waals surface area contributed by atoms with E-state index in [0.717, 1.165) is 77.8 Å². The minimum absolute atomic E-state index is 0.238. The van der Waals surface area contributed by atoms with Gasteiger partial charge in [-0.2, -0.15) is 0 Å². The van der Waals surface area contributed by atoms with Crippen LogP contribution in [-0.4, -0.2) is 17.8 Å². The summed E-state index contributed by atoms with van der Waals surface area (Å²) in [4.78, 5) is 23.4. The van der Waals surface area contributed by atoms with Gasteiger partial charge in [0.15, 0.2) is 0 Å². The molecule has 0 spiro atoms. The first-order chi connectivity index (χ1) is 17.0. The van der Waals surface area contributed by atoms with Gasteiger partial charge in [0.25, 0.3) is 5.24 Å². The number of thioether (sulfide) groups is 1. The number of halogens is 1. The van der Waals surface area contributed by atoms with Crippen molar-refractivity contribution in [1.82, 2.24) is 5.32 Å². The summed E-state index contributed by atoms with van der Waals surface area (Å²) in [6.07, 6.45) is 4.69. The second kappa shape index (κ2) is 12.1. The van der Waals surface area contributed by atoms with Crippen LogP contribution >= 0.6 is 23.4 Å². The number of nitrogens with one attached hydrogen (secondary N) is 1. The molecule has 0 saturated carbocycles. The largest absolute Gasteiger partial charge is 0.493 e. The Bertz CT molecular complexity index is 1180. The summed E-state index contributed by atoms with van der Waals surface area (Å²) in [6, 6.07) is 21.2. The second-order valence-corrected chi connectivity index (χ2v) is 9.92. The number of unbranched alkanes of at least 4 members (excludes halogenated alkanes) is 1. The molecule has 1 aliphatic heterocycles. The molecule has 35 heavy (non-hydrogen) atoms. The summed E-state index contributed by atoms with van der Waals surface area (Å²) in [5.74, 6) is 2.18. The van der Waals surface area contributed by atoms with E-state index in [1.807, 2.05) is 60.7 Å². The van der Waals surface area contributed by atoms with E-state index in [2.05, 4.69) is 18.3 Å². The second-order valence-electron chi connectivity index (χ2n) is 8.40. The SMILES string of the molecule is CCCc1cc(Oc2ccc(Cl)cc2)ccc1OCCCCc1cccc(C2SC(=O)NC2=O)c1. The maximum atomic E-state index is 11.9. The lowest BCUT2D eigenvalue weighted by atomic mass is 10.0. The normalized spacial score (nSPS) is 15.2. The van der Waals surface area contributed by atoms with Crippen molar-refractivity contribution in [3.8, 4) is 17.2 Å². The Morgan fingerprint density at radius 2 is 1.74 bits per heavy atom. The molecule has 5 nitrogen and oxygen atoms in total. The molecule has 182 valence electrons. The van der Waals surface area contributed by atoms with Crippen LogP contribution in [0.3, 0.4) is 0 Å². The van der Waals surface area contributed by atoms with Crippen molar-refractivity contribution in [2.24, 2.45) is 0 Å². The first-order valence-corrected chi connectivity index (χ1v) is 13.1. The molecule has 1 heterocycles. The number of rotatable bonds is 11. The van der Waals surface area contributed by atoms with Gasteiger partial charge in [-0.15, -0.1) is 0 Å². The first kappa shape index (κ1) is 25.1. The molecule has 0 aliphatic carbocycles. The van der Waals surface area contributed by atoms with E-state index in [4.69, 9.17) is 21.1 Å². The molecule has 1 saturated heterocycles. The minimum Gasteiger partial charge on any atom is -0.493 e. The van der Waals surface area contributed by atoms with Crippen molar-refractivity contribution in [3.63, 3.8) is 0 Å². The Morgan fingerprint density at radius 3 is 2.49 bits per heavy atom. The average Bonchev–Trinajstić information content (AvgIpc) is 3.20. The number of aryl methyl sites for hydroxylation is 2. The fourth-order valence-electron chi connectivity index (χ4n) is 3.96. The van der Waals surface area contributed by atoms with Gasteiger partial charge in [-0.1, -0.05) is 49.2 Å². The molecular weight excluding hydrogens is 482 g/mol. The highest BCUT2D eigenvalue weighted by Crippen LogP contribution is 2.34. The van der Waals surface area contributed by atoms with E-state index in [9.17, 15) is 9.59 Å². The highest BCUT2D eigenvalue weighted by molar-refractivity contribution is 8.15. The van der Waals surface area contributed by atoms with Gasteiger partial charge in [-0.3, -0.25) is 14.9 Å². The fraction of sp³-hybridized carbons (Fsp3) is 0.286. The standard InChI is InChI=1S/C28H28ClNO4S/c1-2-6-20-18-24(34-23-12-10-22(29)11-13-23)14-15-25(20)33-16-4-3-7-19-8-5-9-21(17-19)26-27(31)30-28(32)35-26/h5,8-15,17-18,26H,2-4,6-7,16H2,1H3,(H,30,31,32). The molecule has 0 aromatic heterocycles. The van der Waals surface area contributed by atoms with Crippen LogP contribution < -0.4 is 14.8 Å². The lowest BCUT2D eigenvalue weighted by molar-refractivity contribution is -0.119. The molecule has 3 aromatic rings. The van der Waals surface area contributed by atoms with Crippen LogP contribution in [0, 0.1) is 0 Å². The van der Waals surface area contributed by atoms with Crippen molar-refractivity contribution in [2.45, 2.75) is 44.3 Å². The van der Waals surface area contributed by atoms with Crippen LogP contribution in [0.5, 0.6) is 17.2 Å². The number of hydrogen-bond donors (Lipinski definition) is 1. The highest BCUT2D eigenvalue weighted by Gasteiger charge is 2.32. The number of carbonyl (C=O) groups is 2. The summed E-state index contributed by atoms with van der Waals surface area (Å²) >= 11 is 6.99. The van der Waals surface area contributed by atoms with Crippen molar-refractivity contribution in [3.05, 3.63) is 88.4 Å². The third kappa shape index (κ3) is 7.03. The summed E-state index contributed by atoms with van der Waals surface area (Å²) in [7, 11) is 0. The number of carbonyl (C=O) groups excluding carboxylic acids is 2. The summed E-state index contributed by atoms with van der Waals surface area (Å²) in [5, 5.41) is 2.29. The molecule has 2 amide bonds. The van der Waals surface area contributed by atoms with Gasteiger partial charge >= 0.3 is 0 Å². The molecule has 3 aromatic carbocycles. The fourth-order valence-corrected chi connectivity index (χ4v) is 4.91. The van der Waals surface area contributed by atoms with Gasteiger partial charge in [-0.05, 0) is 96.6 Å². The van der Waals surface area contributed by atoms with Crippen LogP contribution in [-0.2, 0) is 17.6 Å². The summed E-state index contributed by atoms with van der Waals surface area (Å²) in [6.45, 7) is 2.78. The zero-order chi connectivity index (χ0) is 24.6. The number of benzene rings is 3. The van der Waals surface area contributed by atoms with Crippen molar-refractivity contribution in [1.29, 1.82) is 0 Å². The Balaban J connectivity index is 1.28. The predicted octanol–water partition coefficient (Wildman–Crippen LogP) is 7.51. The number of amides is 2. The molecular formula is C28H28ClNO4S. The molecule has 0 radical (unpaired) electrons. The number of imide groups is 1. The van der Waals surface area contributed by atoms with Gasteiger partial charge in [-0.25, -0.2) is 0 Å². The number of ether oxygens (including phenoxy) is 2. The quantitative estimate of drug-likeness (QED) is 0.271. The summed E-state index contributed by atoms with van der Waals surface area (Å²) in [5.41, 5.74) is 3.16. The maximum absolute atomic E-state index is 11.9. The van der Waals surface area contributed by atoms with E-state index < -0.39 is 5.25 Å². The maximum Gasteiger partial charge on any atom is 0.286 e. The van der Waals surface area contributed by atoms with E-state index in [1.165, 1.54) is 0 Å². The van der Waals surface area contributed by atoms with Gasteiger partial charge in [0.1, 0.15) is 22.5 Å².